The van der Waals surface area contributed by atoms with Crippen LogP contribution in [0, 0.1) is 5.77 Å². The summed E-state index contributed by atoms with van der Waals surface area (Å²) in [6, 6.07) is 1.97. The van der Waals surface area contributed by atoms with E-state index in [1.807, 2.05) is 6.07 Å². The van der Waals surface area contributed by atoms with Gasteiger partial charge in [0, 0.05) is 0 Å². The van der Waals surface area contributed by atoms with Gasteiger partial charge in [-0.15, -0.1) is 11.3 Å². The third kappa shape index (κ3) is 1.71. The molecule has 0 atom stereocenters. The van der Waals surface area contributed by atoms with Crippen molar-refractivity contribution in [2.45, 2.75) is 0 Å². The summed E-state index contributed by atoms with van der Waals surface area (Å²) in [7, 11) is 0. The fourth-order valence-electron chi connectivity index (χ4n) is 0.320. The monoisotopic (exact) mass is 370 g/mol. The minimum Gasteiger partial charge on any atom is -0.121 e. The Labute approximate surface area is 83.9 Å². The lowest BCUT2D eigenvalue weighted by molar-refractivity contribution is 1.91. The summed E-state index contributed by atoms with van der Waals surface area (Å²) in [5.74, 6) is 0. The zero-order chi connectivity index (χ0) is 6.15. The first kappa shape index (κ1) is 7.56. The van der Waals surface area contributed by atoms with Gasteiger partial charge >= 0.3 is 0 Å². The van der Waals surface area contributed by atoms with Gasteiger partial charge < -0.3 is 0 Å². The van der Waals surface area contributed by atoms with E-state index in [0.29, 0.717) is 0 Å². The molecule has 1 heterocycles. The highest BCUT2D eigenvalue weighted by Crippen LogP contribution is 2.28. The number of thiophene rings is 1. The van der Waals surface area contributed by atoms with Gasteiger partial charge in [0.25, 0.3) is 0 Å². The highest BCUT2D eigenvalue weighted by Gasteiger charge is 1.99. The molecule has 44 valence electrons. The summed E-state index contributed by atoms with van der Waals surface area (Å²) < 4.78 is 2.42. The molecule has 0 aliphatic rings. The van der Waals surface area contributed by atoms with E-state index in [9.17, 15) is 0 Å². The molecule has 1 aromatic rings. The lowest BCUT2D eigenvalue weighted by atomic mass is 10.7. The molecule has 4 heteroatoms. The number of halogens is 3. The molecule has 0 aliphatic carbocycles. The van der Waals surface area contributed by atoms with Gasteiger partial charge in [-0.2, -0.15) is 0 Å². The predicted octanol–water partition coefficient (Wildman–Crippen LogP) is 3.61. The van der Waals surface area contributed by atoms with Crippen LogP contribution < -0.4 is 0 Å². The van der Waals surface area contributed by atoms with Gasteiger partial charge in [0.2, 0.25) is 0 Å². The third-order valence-electron chi connectivity index (χ3n) is 0.615. The molecule has 0 saturated heterocycles. The standard InChI is InChI=1S/C4HClI2S/c5-2-1-3(6)8-4(2)7/h1H. The topological polar surface area (TPSA) is 0 Å². The van der Waals surface area contributed by atoms with Gasteiger partial charge in [0.05, 0.1) is 10.8 Å². The van der Waals surface area contributed by atoms with Crippen molar-refractivity contribution in [1.82, 2.24) is 0 Å². The minimum absolute atomic E-state index is 0.875. The summed E-state index contributed by atoms with van der Waals surface area (Å²) in [6.45, 7) is 0. The fraction of sp³-hybridized carbons (Fsp3) is 0. The van der Waals surface area contributed by atoms with E-state index in [4.69, 9.17) is 11.6 Å². The normalized spacial score (nSPS) is 9.88. The Morgan fingerprint density at radius 3 is 2.25 bits per heavy atom. The molecule has 0 amide bonds. The molecule has 0 saturated carbocycles. The molecular weight excluding hydrogens is 369 g/mol. The van der Waals surface area contributed by atoms with E-state index < -0.39 is 0 Å². The summed E-state index contributed by atoms with van der Waals surface area (Å²) >= 11 is 11.9. The van der Waals surface area contributed by atoms with Crippen molar-refractivity contribution in [1.29, 1.82) is 0 Å². The first-order chi connectivity index (χ1) is 3.70. The number of hydrogen-bond acceptors (Lipinski definition) is 1. The third-order valence-corrected chi connectivity index (χ3v) is 4.27. The van der Waals surface area contributed by atoms with Gasteiger partial charge in [-0.3, -0.25) is 0 Å². The first-order valence-corrected chi connectivity index (χ1v) is 5.15. The van der Waals surface area contributed by atoms with E-state index in [0.717, 1.165) is 5.02 Å². The van der Waals surface area contributed by atoms with Crippen molar-refractivity contribution in [3.8, 4) is 0 Å². The van der Waals surface area contributed by atoms with Gasteiger partial charge in [-0.05, 0) is 51.2 Å². The van der Waals surface area contributed by atoms with E-state index in [-0.39, 0.29) is 0 Å². The van der Waals surface area contributed by atoms with Gasteiger partial charge in [-0.25, -0.2) is 0 Å². The lowest BCUT2D eigenvalue weighted by Gasteiger charge is -1.74. The Morgan fingerprint density at radius 2 is 2.12 bits per heavy atom. The Balaban J connectivity index is 3.14. The van der Waals surface area contributed by atoms with Crippen LogP contribution in [0.2, 0.25) is 5.02 Å². The summed E-state index contributed by atoms with van der Waals surface area (Å²) in [5.41, 5.74) is 0. The van der Waals surface area contributed by atoms with Crippen molar-refractivity contribution in [3.05, 3.63) is 16.9 Å². The van der Waals surface area contributed by atoms with Gasteiger partial charge in [-0.1, -0.05) is 11.6 Å². The maximum atomic E-state index is 5.73. The SMILES string of the molecule is Clc1cc(I)sc1I. The molecule has 0 aliphatic heterocycles. The lowest BCUT2D eigenvalue weighted by Crippen LogP contribution is -1.50. The molecule has 0 N–H and O–H groups in total. The van der Waals surface area contributed by atoms with Crippen molar-refractivity contribution in [2.24, 2.45) is 0 Å². The zero-order valence-corrected chi connectivity index (χ0v) is 9.51. The van der Waals surface area contributed by atoms with E-state index in [1.165, 1.54) is 5.77 Å². The van der Waals surface area contributed by atoms with Crippen LogP contribution in [0.25, 0.3) is 0 Å². The Morgan fingerprint density at radius 1 is 1.50 bits per heavy atom. The molecule has 0 bridgehead atoms. The largest absolute Gasteiger partial charge is 0.121 e. The van der Waals surface area contributed by atoms with Crippen molar-refractivity contribution in [3.63, 3.8) is 0 Å². The van der Waals surface area contributed by atoms with Crippen LogP contribution in [0.3, 0.4) is 0 Å². The van der Waals surface area contributed by atoms with Crippen molar-refractivity contribution < 1.29 is 0 Å². The second kappa shape index (κ2) is 3.03. The molecule has 8 heavy (non-hydrogen) atoms. The van der Waals surface area contributed by atoms with Crippen molar-refractivity contribution in [2.75, 3.05) is 0 Å². The highest BCUT2D eigenvalue weighted by molar-refractivity contribution is 14.1. The van der Waals surface area contributed by atoms with Crippen LogP contribution in [0.4, 0.5) is 0 Å². The molecule has 0 unspecified atom stereocenters. The molecular formula is C4HClI2S. The molecule has 0 fully saturated rings. The molecule has 0 spiro atoms. The zero-order valence-electron chi connectivity index (χ0n) is 3.62. The van der Waals surface area contributed by atoms with E-state index in [2.05, 4.69) is 45.2 Å². The number of hydrogen-bond donors (Lipinski definition) is 0. The van der Waals surface area contributed by atoms with Gasteiger partial charge in [0.1, 0.15) is 0 Å². The molecule has 1 aromatic heterocycles. The quantitative estimate of drug-likeness (QED) is 0.612. The Kier molecular flexibility index (Phi) is 2.86. The van der Waals surface area contributed by atoms with Crippen molar-refractivity contribution >= 4 is 68.1 Å². The van der Waals surface area contributed by atoms with Crippen LogP contribution >= 0.6 is 68.1 Å². The number of rotatable bonds is 0. The first-order valence-electron chi connectivity index (χ1n) is 1.80. The maximum absolute atomic E-state index is 5.73. The van der Waals surface area contributed by atoms with Crippen LogP contribution in [0.5, 0.6) is 0 Å². The average molecular weight is 370 g/mol. The average Bonchev–Trinajstić information content (AvgIpc) is 1.85. The smallest absolute Gasteiger partial charge is 0.0850 e. The van der Waals surface area contributed by atoms with Gasteiger partial charge in [0.15, 0.2) is 0 Å². The van der Waals surface area contributed by atoms with E-state index in [1.54, 1.807) is 11.3 Å². The predicted molar refractivity (Wildman–Crippen MR) is 54.8 cm³/mol. The van der Waals surface area contributed by atoms with Crippen LogP contribution in [0.1, 0.15) is 0 Å². The Hall–Kier alpha value is 1.45. The Bertz CT molecular complexity index is 176. The molecule has 0 nitrogen and oxygen atoms in total. The molecule has 1 rings (SSSR count). The summed E-state index contributed by atoms with van der Waals surface area (Å²) in [5, 5.41) is 0.875. The maximum Gasteiger partial charge on any atom is 0.0850 e. The summed E-state index contributed by atoms with van der Waals surface area (Å²) in [4.78, 5) is 0. The molecule has 0 radical (unpaired) electrons. The minimum atomic E-state index is 0.875. The summed E-state index contributed by atoms with van der Waals surface area (Å²) in [6.07, 6.45) is 0. The molecule has 0 aromatic carbocycles. The fourth-order valence-corrected chi connectivity index (χ4v) is 4.40. The highest BCUT2D eigenvalue weighted by atomic mass is 127. The second-order valence-corrected chi connectivity index (χ2v) is 6.34. The van der Waals surface area contributed by atoms with Crippen LogP contribution in [-0.4, -0.2) is 0 Å². The van der Waals surface area contributed by atoms with Crippen LogP contribution in [-0.2, 0) is 0 Å². The second-order valence-electron chi connectivity index (χ2n) is 1.17. The van der Waals surface area contributed by atoms with Crippen LogP contribution in [0.15, 0.2) is 6.07 Å². The van der Waals surface area contributed by atoms with E-state index >= 15 is 0 Å².